The number of carbonyl (C=O) groups excluding carboxylic acids is 4. The standard InChI is InChI=1S/C47H58N8O8/c1-9-26(5)40(53-47(59)62-8)45(57)54-20-25(4)14-36(54)42-48-19-35(50-42)29-10-12-31-30(16-29)23-63-38-18-32-28(17-33(31)38)11-13-34-41(32)51-43(49-34)37-15-27(22-60-6)21-55(37)44(56)39(24(2)3)52-46(58)61-7/h10-13,16-19,24-27,36-37,39-40H,9,14-15,20-23H2,1-8H3,(H,48,50)(H,49,51)(H,52,58)(H,53,59)/t25-,26?,27-,36?,37-,39-,40-/m0/s1. The number of methoxy groups -OCH3 is 3. The molecule has 5 heterocycles. The first-order valence-electron chi connectivity index (χ1n) is 21.9. The maximum Gasteiger partial charge on any atom is 0.407 e. The third kappa shape index (κ3) is 8.40. The van der Waals surface area contributed by atoms with Crippen molar-refractivity contribution in [2.45, 2.75) is 84.7 Å². The van der Waals surface area contributed by atoms with E-state index in [0.29, 0.717) is 44.4 Å². The Labute approximate surface area is 366 Å². The number of imidazole rings is 2. The molecule has 16 nitrogen and oxygen atoms in total. The van der Waals surface area contributed by atoms with Crippen molar-refractivity contribution in [2.75, 3.05) is 41.0 Å². The van der Waals surface area contributed by atoms with E-state index in [4.69, 9.17) is 28.9 Å². The first kappa shape index (κ1) is 43.5. The third-order valence-corrected chi connectivity index (χ3v) is 13.1. The highest BCUT2D eigenvalue weighted by atomic mass is 16.5. The van der Waals surface area contributed by atoms with Crippen LogP contribution in [0.3, 0.4) is 0 Å². The minimum Gasteiger partial charge on any atom is -0.488 e. The van der Waals surface area contributed by atoms with E-state index in [9.17, 15) is 19.2 Å². The Hall–Kier alpha value is -6.16. The molecule has 2 unspecified atom stereocenters. The van der Waals surface area contributed by atoms with Crippen LogP contribution in [-0.2, 0) is 30.4 Å². The van der Waals surface area contributed by atoms with Crippen LogP contribution in [0.5, 0.6) is 5.75 Å². The average molecular weight is 863 g/mol. The van der Waals surface area contributed by atoms with Gasteiger partial charge in [0.2, 0.25) is 11.8 Å². The smallest absolute Gasteiger partial charge is 0.407 e. The summed E-state index contributed by atoms with van der Waals surface area (Å²) >= 11 is 0. The number of nitrogens with zero attached hydrogens (tertiary/aromatic N) is 4. The Balaban J connectivity index is 1.05. The molecule has 0 aliphatic carbocycles. The number of aromatic nitrogens is 4. The zero-order valence-electron chi connectivity index (χ0n) is 37.2. The van der Waals surface area contributed by atoms with Crippen LogP contribution in [0.4, 0.5) is 9.59 Å². The highest BCUT2D eigenvalue weighted by Crippen LogP contribution is 2.44. The maximum atomic E-state index is 14.1. The zero-order valence-corrected chi connectivity index (χ0v) is 37.2. The van der Waals surface area contributed by atoms with Gasteiger partial charge in [-0.15, -0.1) is 0 Å². The van der Waals surface area contributed by atoms with Crippen molar-refractivity contribution in [1.82, 2.24) is 40.4 Å². The second-order valence-corrected chi connectivity index (χ2v) is 17.8. The molecule has 5 aromatic rings. The number of rotatable bonds is 12. The first-order valence-corrected chi connectivity index (χ1v) is 21.9. The van der Waals surface area contributed by atoms with E-state index < -0.39 is 24.3 Å². The summed E-state index contributed by atoms with van der Waals surface area (Å²) < 4.78 is 21.6. The lowest BCUT2D eigenvalue weighted by Crippen LogP contribution is -2.51. The van der Waals surface area contributed by atoms with Crippen LogP contribution in [0.2, 0.25) is 0 Å². The first-order chi connectivity index (χ1) is 30.3. The number of ether oxygens (including phenoxy) is 4. The number of aromatic amines is 2. The van der Waals surface area contributed by atoms with Crippen molar-refractivity contribution in [2.24, 2.45) is 23.7 Å². The molecular weight excluding hydrogens is 805 g/mol. The van der Waals surface area contributed by atoms with Crippen LogP contribution in [0.25, 0.3) is 44.2 Å². The topological polar surface area (TPSA) is 193 Å². The molecule has 3 aromatic carbocycles. The number of hydrogen-bond donors (Lipinski definition) is 4. The molecule has 4 N–H and O–H groups in total. The summed E-state index contributed by atoms with van der Waals surface area (Å²) in [5, 5.41) is 7.47. The Bertz CT molecular complexity index is 2530. The molecule has 2 aromatic heterocycles. The Morgan fingerprint density at radius 1 is 0.857 bits per heavy atom. The predicted octanol–water partition coefficient (Wildman–Crippen LogP) is 7.26. The average Bonchev–Trinajstić information content (AvgIpc) is 4.11. The van der Waals surface area contributed by atoms with Gasteiger partial charge >= 0.3 is 12.2 Å². The molecule has 0 bridgehead atoms. The van der Waals surface area contributed by atoms with Crippen LogP contribution < -0.4 is 15.4 Å². The monoisotopic (exact) mass is 862 g/mol. The summed E-state index contributed by atoms with van der Waals surface area (Å²) in [7, 11) is 4.25. The molecule has 4 amide bonds. The van der Waals surface area contributed by atoms with Gasteiger partial charge in [-0.3, -0.25) is 9.59 Å². The molecular formula is C47H58N8O8. The van der Waals surface area contributed by atoms with Gasteiger partial charge < -0.3 is 49.3 Å². The van der Waals surface area contributed by atoms with E-state index in [1.807, 2.05) is 49.8 Å². The van der Waals surface area contributed by atoms with E-state index in [-0.39, 0.29) is 47.6 Å². The second kappa shape index (κ2) is 17.9. The van der Waals surface area contributed by atoms with Crippen molar-refractivity contribution < 1.29 is 38.1 Å². The van der Waals surface area contributed by atoms with Gasteiger partial charge in [-0.1, -0.05) is 59.2 Å². The summed E-state index contributed by atoms with van der Waals surface area (Å²) in [6.45, 7) is 11.8. The van der Waals surface area contributed by atoms with Gasteiger partial charge in [0.25, 0.3) is 0 Å². The normalized spacial score (nSPS) is 20.8. The van der Waals surface area contributed by atoms with Crippen LogP contribution in [0, 0.1) is 23.7 Å². The van der Waals surface area contributed by atoms with Crippen LogP contribution in [-0.4, -0.2) is 107 Å². The van der Waals surface area contributed by atoms with Crippen molar-refractivity contribution in [3.05, 3.63) is 65.9 Å². The van der Waals surface area contributed by atoms with E-state index in [1.165, 1.54) is 14.2 Å². The summed E-state index contributed by atoms with van der Waals surface area (Å²) in [6.07, 6.45) is 2.67. The molecule has 2 saturated heterocycles. The zero-order chi connectivity index (χ0) is 44.7. The van der Waals surface area contributed by atoms with E-state index in [0.717, 1.165) is 68.3 Å². The number of hydrogen-bond acceptors (Lipinski definition) is 10. The number of nitrogens with one attached hydrogen (secondary N) is 4. The Morgan fingerprint density at radius 3 is 2.29 bits per heavy atom. The van der Waals surface area contributed by atoms with E-state index >= 15 is 0 Å². The molecule has 7 atom stereocenters. The predicted molar refractivity (Wildman–Crippen MR) is 237 cm³/mol. The lowest BCUT2D eigenvalue weighted by molar-refractivity contribution is -0.136. The highest BCUT2D eigenvalue weighted by Gasteiger charge is 2.43. The quantitative estimate of drug-likeness (QED) is 0.0992. The van der Waals surface area contributed by atoms with Gasteiger partial charge in [-0.05, 0) is 76.9 Å². The van der Waals surface area contributed by atoms with Gasteiger partial charge in [-0.25, -0.2) is 19.6 Å². The third-order valence-electron chi connectivity index (χ3n) is 13.1. The summed E-state index contributed by atoms with van der Waals surface area (Å²) in [4.78, 5) is 73.0. The van der Waals surface area contributed by atoms with Crippen LogP contribution in [0.15, 0.2) is 48.7 Å². The number of carbonyl (C=O) groups is 4. The minimum absolute atomic E-state index is 0.0789. The SMILES string of the molecule is CCC(C)[C@H](NC(=O)OC)C(=O)N1C[C@@H](C)CC1c1ncc(-c2ccc3c(c2)COc2cc4c(ccc5nc([C@@H]6C[C@H](COC)CN6C(=O)[C@@H](NC(=O)OC)C(C)C)[nH]c54)cc2-3)[nH]1. The largest absolute Gasteiger partial charge is 0.488 e. The summed E-state index contributed by atoms with van der Waals surface area (Å²) in [5.41, 5.74) is 6.52. The van der Waals surface area contributed by atoms with Gasteiger partial charge in [0.1, 0.15) is 36.1 Å². The molecule has 16 heteroatoms. The Morgan fingerprint density at radius 2 is 1.57 bits per heavy atom. The number of amides is 4. The highest BCUT2D eigenvalue weighted by molar-refractivity contribution is 6.07. The number of H-pyrrole nitrogens is 2. The second-order valence-electron chi connectivity index (χ2n) is 17.8. The van der Waals surface area contributed by atoms with Gasteiger partial charge in [0.05, 0.1) is 55.8 Å². The molecule has 0 spiro atoms. The minimum atomic E-state index is -0.762. The van der Waals surface area contributed by atoms with Crippen LogP contribution >= 0.6 is 0 Å². The molecule has 334 valence electrons. The fraction of sp³-hybridized carbons (Fsp3) is 0.489. The Kier molecular flexibility index (Phi) is 12.4. The van der Waals surface area contributed by atoms with E-state index in [2.05, 4.69) is 63.9 Å². The lowest BCUT2D eigenvalue weighted by atomic mass is 9.92. The fourth-order valence-corrected chi connectivity index (χ4v) is 9.55. The molecule has 3 aliphatic rings. The molecule has 2 fully saturated rings. The van der Waals surface area contributed by atoms with Gasteiger partial charge in [-0.2, -0.15) is 0 Å². The van der Waals surface area contributed by atoms with Crippen molar-refractivity contribution >= 4 is 45.8 Å². The molecule has 63 heavy (non-hydrogen) atoms. The number of alkyl carbamates (subject to hydrolysis) is 2. The van der Waals surface area contributed by atoms with Gasteiger partial charge in [0.15, 0.2) is 0 Å². The lowest BCUT2D eigenvalue weighted by Gasteiger charge is -2.30. The van der Waals surface area contributed by atoms with E-state index in [1.54, 1.807) is 7.11 Å². The van der Waals surface area contributed by atoms with Crippen molar-refractivity contribution in [3.8, 4) is 28.1 Å². The summed E-state index contributed by atoms with van der Waals surface area (Å²) in [6, 6.07) is 12.5. The number of benzene rings is 3. The maximum absolute atomic E-state index is 14.1. The molecule has 8 rings (SSSR count). The fourth-order valence-electron chi connectivity index (χ4n) is 9.55. The summed E-state index contributed by atoms with van der Waals surface area (Å²) in [5.74, 6) is 1.93. The van der Waals surface area contributed by atoms with Crippen molar-refractivity contribution in [1.29, 1.82) is 0 Å². The number of likely N-dealkylation sites (tertiary alicyclic amines) is 2. The number of fused-ring (bicyclic) bond motifs is 6. The van der Waals surface area contributed by atoms with Crippen molar-refractivity contribution in [3.63, 3.8) is 0 Å². The molecule has 0 radical (unpaired) electrons. The molecule has 0 saturated carbocycles. The molecule has 3 aliphatic heterocycles. The van der Waals surface area contributed by atoms with Gasteiger partial charge in [0, 0.05) is 37.1 Å². The van der Waals surface area contributed by atoms with Crippen LogP contribution in [0.1, 0.15) is 83.2 Å².